The molecule has 0 spiro atoms. The Morgan fingerprint density at radius 3 is 2.42 bits per heavy atom. The molecule has 2 aromatic carbocycles. The lowest BCUT2D eigenvalue weighted by Crippen LogP contribution is -2.42. The SMILES string of the molecule is CCC(=O)C(=O)Oc1c(C(C)O[Si](c2ccccc2)C(C)(C)C)[nH]c2ccc(Cl)cc12. The number of Topliss-reactive ketones (excluding diaryl/α,β-unsaturated/α-hetero) is 1. The number of rotatable bonds is 7. The molecule has 0 amide bonds. The van der Waals surface area contributed by atoms with Gasteiger partial charge < -0.3 is 14.1 Å². The van der Waals surface area contributed by atoms with Crippen LogP contribution >= 0.6 is 11.6 Å². The molecule has 1 radical (unpaired) electrons. The zero-order valence-electron chi connectivity index (χ0n) is 18.4. The molecule has 3 rings (SSSR count). The minimum atomic E-state index is -1.45. The highest BCUT2D eigenvalue weighted by Gasteiger charge is 2.34. The average molecular weight is 457 g/mol. The van der Waals surface area contributed by atoms with Crippen LogP contribution in [0.15, 0.2) is 48.5 Å². The van der Waals surface area contributed by atoms with Gasteiger partial charge in [0.1, 0.15) is 0 Å². The Kier molecular flexibility index (Phi) is 7.04. The average Bonchev–Trinajstić information content (AvgIpc) is 3.08. The van der Waals surface area contributed by atoms with Gasteiger partial charge in [0.2, 0.25) is 5.78 Å². The van der Waals surface area contributed by atoms with Crippen molar-refractivity contribution in [3.8, 4) is 5.75 Å². The second-order valence-corrected chi connectivity index (χ2v) is 11.8. The molecular formula is C24H27ClNO4Si. The fourth-order valence-electron chi connectivity index (χ4n) is 3.35. The fourth-order valence-corrected chi connectivity index (χ4v) is 5.85. The molecule has 31 heavy (non-hydrogen) atoms. The number of benzene rings is 2. The van der Waals surface area contributed by atoms with E-state index < -0.39 is 26.9 Å². The molecule has 0 aliphatic rings. The maximum absolute atomic E-state index is 12.3. The first-order chi connectivity index (χ1) is 14.6. The summed E-state index contributed by atoms with van der Waals surface area (Å²) in [4.78, 5) is 27.5. The summed E-state index contributed by atoms with van der Waals surface area (Å²) >= 11 is 6.18. The molecular weight excluding hydrogens is 430 g/mol. The fraction of sp³-hybridized carbons (Fsp3) is 0.333. The summed E-state index contributed by atoms with van der Waals surface area (Å²) in [5, 5.41) is 2.23. The molecule has 1 atom stereocenters. The van der Waals surface area contributed by atoms with E-state index in [1.165, 1.54) is 0 Å². The maximum atomic E-state index is 12.3. The van der Waals surface area contributed by atoms with E-state index in [0.717, 1.165) is 10.7 Å². The van der Waals surface area contributed by atoms with Crippen molar-refractivity contribution in [2.45, 2.75) is 52.2 Å². The van der Waals surface area contributed by atoms with Gasteiger partial charge >= 0.3 is 5.97 Å². The predicted molar refractivity (Wildman–Crippen MR) is 125 cm³/mol. The third kappa shape index (κ3) is 5.26. The van der Waals surface area contributed by atoms with Crippen molar-refractivity contribution in [2.75, 3.05) is 0 Å². The molecule has 1 heterocycles. The number of hydrogen-bond donors (Lipinski definition) is 1. The van der Waals surface area contributed by atoms with E-state index in [4.69, 9.17) is 20.8 Å². The molecule has 0 bridgehead atoms. The molecule has 0 aliphatic heterocycles. The topological polar surface area (TPSA) is 68.4 Å². The lowest BCUT2D eigenvalue weighted by atomic mass is 10.2. The lowest BCUT2D eigenvalue weighted by molar-refractivity contribution is -0.146. The Hall–Kier alpha value is -2.41. The number of H-pyrrole nitrogens is 1. The Balaban J connectivity index is 2.03. The largest absolute Gasteiger partial charge is 0.418 e. The first-order valence-corrected chi connectivity index (χ1v) is 12.1. The van der Waals surface area contributed by atoms with Gasteiger partial charge in [0.05, 0.1) is 11.8 Å². The number of aromatic amines is 1. The highest BCUT2D eigenvalue weighted by Crippen LogP contribution is 2.39. The van der Waals surface area contributed by atoms with Crippen molar-refractivity contribution < 1.29 is 18.8 Å². The number of esters is 1. The van der Waals surface area contributed by atoms with Crippen LogP contribution in [0.1, 0.15) is 52.8 Å². The third-order valence-corrected chi connectivity index (χ3v) is 7.95. The van der Waals surface area contributed by atoms with Crippen LogP contribution in [-0.4, -0.2) is 25.8 Å². The van der Waals surface area contributed by atoms with Crippen LogP contribution in [0.3, 0.4) is 0 Å². The van der Waals surface area contributed by atoms with Crippen LogP contribution in [0.5, 0.6) is 5.75 Å². The Morgan fingerprint density at radius 2 is 1.81 bits per heavy atom. The molecule has 1 unspecified atom stereocenters. The van der Waals surface area contributed by atoms with Gasteiger partial charge in [-0.3, -0.25) is 4.79 Å². The van der Waals surface area contributed by atoms with Crippen molar-refractivity contribution >= 4 is 48.5 Å². The molecule has 5 nitrogen and oxygen atoms in total. The van der Waals surface area contributed by atoms with E-state index in [2.05, 4.69) is 37.9 Å². The van der Waals surface area contributed by atoms with Crippen molar-refractivity contribution in [1.82, 2.24) is 4.98 Å². The Bertz CT molecular complexity index is 1090. The van der Waals surface area contributed by atoms with Crippen molar-refractivity contribution in [1.29, 1.82) is 0 Å². The van der Waals surface area contributed by atoms with Gasteiger partial charge in [-0.2, -0.15) is 0 Å². The summed E-state index contributed by atoms with van der Waals surface area (Å²) in [7, 11) is -1.45. The number of halogens is 1. The van der Waals surface area contributed by atoms with Crippen molar-refractivity contribution in [2.24, 2.45) is 0 Å². The van der Waals surface area contributed by atoms with Crippen LogP contribution in [0, 0.1) is 0 Å². The Morgan fingerprint density at radius 1 is 1.13 bits per heavy atom. The Labute approximate surface area is 189 Å². The molecule has 1 N–H and O–H groups in total. The summed E-state index contributed by atoms with van der Waals surface area (Å²) in [6.45, 7) is 10.0. The molecule has 3 aromatic rings. The molecule has 1 aromatic heterocycles. The maximum Gasteiger partial charge on any atom is 0.380 e. The smallest absolute Gasteiger partial charge is 0.380 e. The number of carbonyl (C=O) groups excluding carboxylic acids is 2. The van der Waals surface area contributed by atoms with Gasteiger partial charge in [-0.25, -0.2) is 4.79 Å². The monoisotopic (exact) mass is 456 g/mol. The third-order valence-electron chi connectivity index (χ3n) is 4.90. The molecule has 0 aliphatic carbocycles. The van der Waals surface area contributed by atoms with Gasteiger partial charge in [-0.15, -0.1) is 0 Å². The van der Waals surface area contributed by atoms with Crippen LogP contribution in [0.4, 0.5) is 0 Å². The van der Waals surface area contributed by atoms with Crippen LogP contribution in [0.2, 0.25) is 10.1 Å². The highest BCUT2D eigenvalue weighted by atomic mass is 35.5. The standard InChI is InChI=1S/C24H27ClNO4Si/c1-6-20(27)23(28)29-22-18-14-16(25)12-13-19(18)26-21(22)15(2)30-31(24(3,4)5)17-10-8-7-9-11-17/h7-15,26H,6H2,1-5H3. The van der Waals surface area contributed by atoms with E-state index in [9.17, 15) is 9.59 Å². The minimum absolute atomic E-state index is 0.0779. The number of ketones is 1. The van der Waals surface area contributed by atoms with E-state index in [1.807, 2.05) is 31.2 Å². The summed E-state index contributed by atoms with van der Waals surface area (Å²) in [5.41, 5.74) is 1.36. The normalized spacial score (nSPS) is 12.9. The predicted octanol–water partition coefficient (Wildman–Crippen LogP) is 5.48. The number of ether oxygens (including phenoxy) is 1. The van der Waals surface area contributed by atoms with E-state index in [1.54, 1.807) is 19.1 Å². The number of nitrogens with one attached hydrogen (secondary N) is 1. The van der Waals surface area contributed by atoms with E-state index >= 15 is 0 Å². The summed E-state index contributed by atoms with van der Waals surface area (Å²) in [6.07, 6.45) is -0.326. The number of carbonyl (C=O) groups is 2. The van der Waals surface area contributed by atoms with Crippen molar-refractivity contribution in [3.63, 3.8) is 0 Å². The van der Waals surface area contributed by atoms with Gasteiger partial charge in [0.15, 0.2) is 5.75 Å². The van der Waals surface area contributed by atoms with Gasteiger partial charge in [0.25, 0.3) is 9.04 Å². The lowest BCUT2D eigenvalue weighted by Gasteiger charge is -2.31. The second-order valence-electron chi connectivity index (χ2n) is 8.43. The van der Waals surface area contributed by atoms with Crippen LogP contribution < -0.4 is 9.92 Å². The molecule has 7 heteroatoms. The zero-order chi connectivity index (χ0) is 22.8. The van der Waals surface area contributed by atoms with Crippen LogP contribution in [-0.2, 0) is 14.0 Å². The van der Waals surface area contributed by atoms with Gasteiger partial charge in [-0.1, -0.05) is 69.6 Å². The first kappa shape index (κ1) is 23.3. The van der Waals surface area contributed by atoms with E-state index in [-0.39, 0.29) is 11.5 Å². The zero-order valence-corrected chi connectivity index (χ0v) is 20.2. The summed E-state index contributed by atoms with van der Waals surface area (Å²) < 4.78 is 12.2. The highest BCUT2D eigenvalue weighted by molar-refractivity contribution is 6.70. The number of aromatic nitrogens is 1. The number of hydrogen-bond acceptors (Lipinski definition) is 4. The van der Waals surface area contributed by atoms with Gasteiger partial charge in [-0.05, 0) is 35.3 Å². The molecule has 0 fully saturated rings. The van der Waals surface area contributed by atoms with E-state index in [0.29, 0.717) is 21.9 Å². The van der Waals surface area contributed by atoms with Gasteiger partial charge in [0, 0.05) is 22.3 Å². The minimum Gasteiger partial charge on any atom is -0.418 e. The van der Waals surface area contributed by atoms with Crippen LogP contribution in [0.25, 0.3) is 10.9 Å². The summed E-state index contributed by atoms with van der Waals surface area (Å²) in [6, 6.07) is 15.5. The molecule has 0 saturated carbocycles. The number of fused-ring (bicyclic) bond motifs is 1. The quantitative estimate of drug-likeness (QED) is 0.290. The first-order valence-electron chi connectivity index (χ1n) is 10.3. The second kappa shape index (κ2) is 9.38. The summed E-state index contributed by atoms with van der Waals surface area (Å²) in [5.74, 6) is -1.18. The molecule has 0 saturated heterocycles. The molecule has 163 valence electrons. The van der Waals surface area contributed by atoms with Crippen molar-refractivity contribution in [3.05, 3.63) is 59.2 Å².